The molecule has 4 heterocycles. The van der Waals surface area contributed by atoms with E-state index in [4.69, 9.17) is 0 Å². The largest absolute Gasteiger partial charge is 0.354 e. The number of hydrogen-bond donors (Lipinski definition) is 2. The summed E-state index contributed by atoms with van der Waals surface area (Å²) in [6.07, 6.45) is 9.04. The van der Waals surface area contributed by atoms with Crippen molar-refractivity contribution in [1.29, 1.82) is 0 Å². The van der Waals surface area contributed by atoms with E-state index in [0.29, 0.717) is 5.92 Å². The number of likely N-dealkylation sites (tertiary alicyclic amines) is 1. The molecular formula is C31H49N3S. The maximum Gasteiger partial charge on any atom is 0.0574 e. The molecule has 2 aliphatic heterocycles. The minimum atomic E-state index is 0.492. The van der Waals surface area contributed by atoms with Crippen LogP contribution in [0.25, 0.3) is 15.8 Å². The minimum absolute atomic E-state index is 0.492. The van der Waals surface area contributed by atoms with Crippen LogP contribution >= 0.6 is 11.3 Å². The third kappa shape index (κ3) is 7.55. The molecule has 0 aromatic carbocycles. The van der Waals surface area contributed by atoms with Gasteiger partial charge in [-0.25, -0.2) is 0 Å². The van der Waals surface area contributed by atoms with E-state index in [1.54, 1.807) is 4.88 Å². The molecule has 4 heteroatoms. The lowest BCUT2D eigenvalue weighted by atomic mass is 9.95. The van der Waals surface area contributed by atoms with Gasteiger partial charge >= 0.3 is 0 Å². The van der Waals surface area contributed by atoms with Crippen LogP contribution in [0, 0.1) is 5.92 Å². The van der Waals surface area contributed by atoms with Crippen molar-refractivity contribution in [2.45, 2.75) is 73.1 Å². The lowest BCUT2D eigenvalue weighted by Gasteiger charge is -2.28. The van der Waals surface area contributed by atoms with Crippen LogP contribution in [0.5, 0.6) is 0 Å². The van der Waals surface area contributed by atoms with Crippen LogP contribution in [-0.2, 0) is 0 Å². The number of H-pyrrole nitrogens is 1. The average molecular weight is 496 g/mol. The van der Waals surface area contributed by atoms with Crippen molar-refractivity contribution in [3.8, 4) is 0 Å². The molecule has 0 aliphatic carbocycles. The number of thiophene rings is 1. The van der Waals surface area contributed by atoms with Crippen LogP contribution in [0.3, 0.4) is 0 Å². The van der Waals surface area contributed by atoms with E-state index in [-0.39, 0.29) is 0 Å². The lowest BCUT2D eigenvalue weighted by Crippen LogP contribution is -2.40. The summed E-state index contributed by atoms with van der Waals surface area (Å²) in [6, 6.07) is 2.42. The van der Waals surface area contributed by atoms with Crippen molar-refractivity contribution >= 4 is 27.1 Å². The summed E-state index contributed by atoms with van der Waals surface area (Å²) in [7, 11) is 2.23. The molecule has 0 atom stereocenters. The Kier molecular flexibility index (Phi) is 11.7. The van der Waals surface area contributed by atoms with E-state index in [0.717, 1.165) is 30.5 Å². The van der Waals surface area contributed by atoms with E-state index >= 15 is 0 Å². The number of nitrogens with one attached hydrogen (secondary N) is 2. The summed E-state index contributed by atoms with van der Waals surface area (Å²) in [5.74, 6) is 1.98. The zero-order valence-corrected chi connectivity index (χ0v) is 24.4. The first-order valence-corrected chi connectivity index (χ1v) is 14.2. The van der Waals surface area contributed by atoms with Crippen molar-refractivity contribution in [2.75, 3.05) is 33.2 Å². The average Bonchev–Trinajstić information content (AvgIpc) is 3.36. The molecule has 2 aliphatic rings. The lowest BCUT2D eigenvalue weighted by molar-refractivity contribution is 0.257. The maximum absolute atomic E-state index is 4.09. The number of fused-ring (bicyclic) bond motifs is 1. The van der Waals surface area contributed by atoms with E-state index in [1.165, 1.54) is 58.6 Å². The Morgan fingerprint density at radius 1 is 1.17 bits per heavy atom. The second-order valence-corrected chi connectivity index (χ2v) is 11.1. The SMILES string of the molecule is C=C(C)/C(C)=C\C(=C/C)c1[nH]c2cc(C3CCN(C)CC3)sc2c1C(C)C.C=CC1CNC1.CC. The molecule has 0 radical (unpaired) electrons. The van der Waals surface area contributed by atoms with Crippen LogP contribution in [0.2, 0.25) is 0 Å². The summed E-state index contributed by atoms with van der Waals surface area (Å²) in [5.41, 5.74) is 7.69. The van der Waals surface area contributed by atoms with Gasteiger partial charge in [0.15, 0.2) is 0 Å². The van der Waals surface area contributed by atoms with Gasteiger partial charge in [0.05, 0.1) is 15.9 Å². The first kappa shape index (κ1) is 29.4. The Bertz CT molecular complexity index is 1020. The number of allylic oxidation sites excluding steroid dienone is 5. The molecule has 194 valence electrons. The van der Waals surface area contributed by atoms with E-state index in [1.807, 2.05) is 31.3 Å². The first-order chi connectivity index (χ1) is 16.7. The quantitative estimate of drug-likeness (QED) is 0.311. The zero-order valence-electron chi connectivity index (χ0n) is 23.6. The number of rotatable bonds is 6. The number of aromatic amines is 1. The van der Waals surface area contributed by atoms with Crippen LogP contribution in [0.1, 0.15) is 89.3 Å². The van der Waals surface area contributed by atoms with Crippen LogP contribution in [-0.4, -0.2) is 43.1 Å². The third-order valence-corrected chi connectivity index (χ3v) is 8.35. The fraction of sp³-hybridized carbons (Fsp3) is 0.548. The van der Waals surface area contributed by atoms with Gasteiger partial charge in [0, 0.05) is 23.9 Å². The minimum Gasteiger partial charge on any atom is -0.354 e. The van der Waals surface area contributed by atoms with E-state index in [2.05, 4.69) is 88.2 Å². The van der Waals surface area contributed by atoms with Crippen LogP contribution in [0.4, 0.5) is 0 Å². The number of piperidine rings is 1. The van der Waals surface area contributed by atoms with Gasteiger partial charge in [-0.05, 0) is 88.4 Å². The smallest absolute Gasteiger partial charge is 0.0574 e. The van der Waals surface area contributed by atoms with Crippen molar-refractivity contribution < 1.29 is 0 Å². The van der Waals surface area contributed by atoms with Gasteiger partial charge in [0.2, 0.25) is 0 Å². The van der Waals surface area contributed by atoms with Crippen LogP contribution in [0.15, 0.2) is 48.6 Å². The summed E-state index contributed by atoms with van der Waals surface area (Å²) >= 11 is 2.02. The standard InChI is InChI=1S/C24H34N2S.C5H9N.C2H6/c1-8-18(13-17(6)15(2)3)23-22(16(4)5)24-20(25-23)14-21(27-24)19-9-11-26(7)12-10-19;1-2-5-3-6-4-5;1-2/h8,13-14,16,19,25H,2,9-12H2,1,3-7H3;2,5-6H,1,3-4H2;1-2H3/b17-13-,18-8+;;. The molecular weight excluding hydrogens is 446 g/mol. The molecule has 2 fully saturated rings. The van der Waals surface area contributed by atoms with Gasteiger partial charge < -0.3 is 15.2 Å². The molecule has 2 saturated heterocycles. The fourth-order valence-corrected chi connectivity index (χ4v) is 5.91. The molecule has 0 amide bonds. The molecule has 2 N–H and O–H groups in total. The highest BCUT2D eigenvalue weighted by Crippen LogP contribution is 2.42. The summed E-state index contributed by atoms with van der Waals surface area (Å²) in [4.78, 5) is 7.78. The van der Waals surface area contributed by atoms with Crippen molar-refractivity contribution in [1.82, 2.24) is 15.2 Å². The molecule has 2 aromatic heterocycles. The number of aromatic nitrogens is 1. The second kappa shape index (κ2) is 14.0. The molecule has 3 nitrogen and oxygen atoms in total. The summed E-state index contributed by atoms with van der Waals surface area (Å²) in [5, 5.41) is 3.14. The topological polar surface area (TPSA) is 31.1 Å². The Balaban J connectivity index is 0.000000463. The molecule has 0 bridgehead atoms. The predicted octanol–water partition coefficient (Wildman–Crippen LogP) is 8.51. The number of hydrogen-bond acceptors (Lipinski definition) is 3. The molecule has 2 aromatic rings. The Morgan fingerprint density at radius 3 is 2.23 bits per heavy atom. The van der Waals surface area contributed by atoms with Gasteiger partial charge in [-0.2, -0.15) is 0 Å². The van der Waals surface area contributed by atoms with Gasteiger partial charge in [-0.3, -0.25) is 0 Å². The molecule has 0 spiro atoms. The molecule has 0 unspecified atom stereocenters. The Labute approximate surface area is 219 Å². The van der Waals surface area contributed by atoms with E-state index < -0.39 is 0 Å². The molecule has 4 rings (SSSR count). The van der Waals surface area contributed by atoms with Gasteiger partial charge in [0.1, 0.15) is 0 Å². The fourth-order valence-electron chi connectivity index (χ4n) is 4.43. The third-order valence-electron chi connectivity index (χ3n) is 7.01. The van der Waals surface area contributed by atoms with Crippen molar-refractivity contribution in [3.63, 3.8) is 0 Å². The summed E-state index contributed by atoms with van der Waals surface area (Å²) in [6.45, 7) is 27.4. The Hall–Kier alpha value is -1.88. The number of nitrogens with zero attached hydrogens (tertiary/aromatic N) is 1. The zero-order chi connectivity index (χ0) is 26.1. The monoisotopic (exact) mass is 495 g/mol. The normalized spacial score (nSPS) is 18.0. The maximum atomic E-state index is 4.09. The first-order valence-electron chi connectivity index (χ1n) is 13.4. The predicted molar refractivity (Wildman–Crippen MR) is 160 cm³/mol. The van der Waals surface area contributed by atoms with Gasteiger partial charge in [-0.15, -0.1) is 17.9 Å². The van der Waals surface area contributed by atoms with Crippen molar-refractivity contribution in [2.24, 2.45) is 5.92 Å². The highest BCUT2D eigenvalue weighted by atomic mass is 32.1. The summed E-state index contributed by atoms with van der Waals surface area (Å²) < 4.78 is 1.45. The van der Waals surface area contributed by atoms with Gasteiger partial charge in [0.25, 0.3) is 0 Å². The van der Waals surface area contributed by atoms with E-state index in [9.17, 15) is 0 Å². The Morgan fingerprint density at radius 2 is 1.80 bits per heavy atom. The molecule has 35 heavy (non-hydrogen) atoms. The highest BCUT2D eigenvalue weighted by Gasteiger charge is 2.24. The van der Waals surface area contributed by atoms with Crippen LogP contribution < -0.4 is 5.32 Å². The molecule has 0 saturated carbocycles. The highest BCUT2D eigenvalue weighted by molar-refractivity contribution is 7.19. The van der Waals surface area contributed by atoms with Crippen molar-refractivity contribution in [3.05, 3.63) is 64.7 Å². The second-order valence-electron chi connectivity index (χ2n) is 10.0. The van der Waals surface area contributed by atoms with Gasteiger partial charge in [-0.1, -0.05) is 58.1 Å².